The predicted molar refractivity (Wildman–Crippen MR) is 101 cm³/mol. The maximum absolute atomic E-state index is 12.6. The Labute approximate surface area is 154 Å². The van der Waals surface area contributed by atoms with Gasteiger partial charge in [-0.05, 0) is 35.9 Å². The Morgan fingerprint density at radius 3 is 2.73 bits per heavy atom. The van der Waals surface area contributed by atoms with Gasteiger partial charge in [-0.2, -0.15) is 5.10 Å². The van der Waals surface area contributed by atoms with Crippen molar-refractivity contribution in [2.75, 3.05) is 0 Å². The standard InChI is InChI=1S/C19H15ClN4O2/c20-17-9-2-1-6-14(17)13-24-11-5-8-16(19(24)26)18(25)23-22-12-15-7-3-4-10-21-15/h1-12H,13H2,(H,23,25)/b22-12-. The van der Waals surface area contributed by atoms with Crippen molar-refractivity contribution in [3.8, 4) is 0 Å². The van der Waals surface area contributed by atoms with Gasteiger partial charge in [-0.15, -0.1) is 0 Å². The number of carbonyl (C=O) groups is 1. The highest BCUT2D eigenvalue weighted by molar-refractivity contribution is 6.31. The van der Waals surface area contributed by atoms with E-state index in [0.717, 1.165) is 5.56 Å². The molecule has 2 aromatic heterocycles. The minimum Gasteiger partial charge on any atom is -0.310 e. The zero-order valence-corrected chi connectivity index (χ0v) is 14.4. The first-order valence-corrected chi connectivity index (χ1v) is 8.20. The van der Waals surface area contributed by atoms with Gasteiger partial charge in [-0.25, -0.2) is 5.43 Å². The Balaban J connectivity index is 1.76. The van der Waals surface area contributed by atoms with Gasteiger partial charge in [0.25, 0.3) is 11.5 Å². The SMILES string of the molecule is O=C(N/N=C\c1ccccn1)c1cccn(Cc2ccccc2Cl)c1=O. The molecule has 2 heterocycles. The van der Waals surface area contributed by atoms with E-state index in [4.69, 9.17) is 11.6 Å². The highest BCUT2D eigenvalue weighted by Crippen LogP contribution is 2.15. The van der Waals surface area contributed by atoms with Gasteiger partial charge in [0.15, 0.2) is 0 Å². The van der Waals surface area contributed by atoms with E-state index in [2.05, 4.69) is 15.5 Å². The summed E-state index contributed by atoms with van der Waals surface area (Å²) in [6.45, 7) is 0.275. The molecule has 0 fully saturated rings. The van der Waals surface area contributed by atoms with Crippen LogP contribution in [0.3, 0.4) is 0 Å². The second-order valence-corrected chi connectivity index (χ2v) is 5.81. The third-order valence-corrected chi connectivity index (χ3v) is 3.98. The molecule has 0 aliphatic carbocycles. The quantitative estimate of drug-likeness (QED) is 0.557. The average molecular weight is 367 g/mol. The Hall–Kier alpha value is -3.25. The number of halogens is 1. The van der Waals surface area contributed by atoms with E-state index >= 15 is 0 Å². The summed E-state index contributed by atoms with van der Waals surface area (Å²) >= 11 is 6.14. The van der Waals surface area contributed by atoms with Crippen LogP contribution in [-0.4, -0.2) is 21.7 Å². The fraction of sp³-hybridized carbons (Fsp3) is 0.0526. The maximum Gasteiger partial charge on any atom is 0.276 e. The van der Waals surface area contributed by atoms with E-state index < -0.39 is 11.5 Å². The van der Waals surface area contributed by atoms with Gasteiger partial charge in [0, 0.05) is 17.4 Å². The summed E-state index contributed by atoms with van der Waals surface area (Å²) in [5.74, 6) is -0.587. The summed E-state index contributed by atoms with van der Waals surface area (Å²) < 4.78 is 1.43. The Kier molecular flexibility index (Phi) is 5.56. The van der Waals surface area contributed by atoms with Gasteiger partial charge in [0.1, 0.15) is 5.56 Å². The molecule has 0 atom stereocenters. The van der Waals surface area contributed by atoms with Crippen molar-refractivity contribution in [2.24, 2.45) is 5.10 Å². The lowest BCUT2D eigenvalue weighted by Crippen LogP contribution is -2.31. The van der Waals surface area contributed by atoms with Crippen LogP contribution in [0.4, 0.5) is 0 Å². The molecule has 6 nitrogen and oxygen atoms in total. The average Bonchev–Trinajstić information content (AvgIpc) is 2.66. The normalized spacial score (nSPS) is 10.8. The van der Waals surface area contributed by atoms with Crippen molar-refractivity contribution in [2.45, 2.75) is 6.54 Å². The van der Waals surface area contributed by atoms with Gasteiger partial charge in [0.2, 0.25) is 0 Å². The molecule has 26 heavy (non-hydrogen) atoms. The molecule has 0 unspecified atom stereocenters. The first-order valence-electron chi connectivity index (χ1n) is 7.82. The maximum atomic E-state index is 12.6. The lowest BCUT2D eigenvalue weighted by molar-refractivity contribution is 0.0953. The zero-order valence-electron chi connectivity index (χ0n) is 13.7. The predicted octanol–water partition coefficient (Wildman–Crippen LogP) is 2.71. The molecule has 7 heteroatoms. The lowest BCUT2D eigenvalue weighted by atomic mass is 10.2. The number of hydrogen-bond acceptors (Lipinski definition) is 4. The highest BCUT2D eigenvalue weighted by atomic mass is 35.5. The summed E-state index contributed by atoms with van der Waals surface area (Å²) in [7, 11) is 0. The topological polar surface area (TPSA) is 76.3 Å². The third-order valence-electron chi connectivity index (χ3n) is 3.61. The van der Waals surface area contributed by atoms with Crippen molar-refractivity contribution in [1.82, 2.24) is 15.0 Å². The lowest BCUT2D eigenvalue weighted by Gasteiger charge is -2.09. The van der Waals surface area contributed by atoms with Crippen LogP contribution in [-0.2, 0) is 6.54 Å². The van der Waals surface area contributed by atoms with E-state index in [1.807, 2.05) is 18.2 Å². The summed E-state index contributed by atoms with van der Waals surface area (Å²) in [5.41, 5.74) is 3.31. The third kappa shape index (κ3) is 4.23. The van der Waals surface area contributed by atoms with Crippen LogP contribution in [0.1, 0.15) is 21.6 Å². The summed E-state index contributed by atoms with van der Waals surface area (Å²) in [4.78, 5) is 28.9. The van der Waals surface area contributed by atoms with Crippen LogP contribution in [0.5, 0.6) is 0 Å². The van der Waals surface area contributed by atoms with Crippen LogP contribution in [0, 0.1) is 0 Å². The van der Waals surface area contributed by atoms with Crippen LogP contribution < -0.4 is 11.0 Å². The molecule has 3 aromatic rings. The molecule has 130 valence electrons. The van der Waals surface area contributed by atoms with Gasteiger partial charge in [-0.3, -0.25) is 14.6 Å². The minimum atomic E-state index is -0.587. The number of carbonyl (C=O) groups excluding carboxylic acids is 1. The molecule has 0 aliphatic heterocycles. The summed E-state index contributed by atoms with van der Waals surface area (Å²) in [6, 6.07) is 15.7. The summed E-state index contributed by atoms with van der Waals surface area (Å²) in [5, 5.41) is 4.39. The molecular formula is C19H15ClN4O2. The van der Waals surface area contributed by atoms with Crippen LogP contribution >= 0.6 is 11.6 Å². The van der Waals surface area contributed by atoms with Gasteiger partial charge >= 0.3 is 0 Å². The van der Waals surface area contributed by atoms with E-state index in [9.17, 15) is 9.59 Å². The van der Waals surface area contributed by atoms with E-state index in [1.165, 1.54) is 16.8 Å². The number of amides is 1. The largest absolute Gasteiger partial charge is 0.310 e. The number of benzene rings is 1. The number of nitrogens with one attached hydrogen (secondary N) is 1. The van der Waals surface area contributed by atoms with Gasteiger partial charge < -0.3 is 4.57 Å². The Bertz CT molecular complexity index is 1000. The van der Waals surface area contributed by atoms with Crippen molar-refractivity contribution in [3.63, 3.8) is 0 Å². The summed E-state index contributed by atoms with van der Waals surface area (Å²) in [6.07, 6.45) is 4.64. The molecular weight excluding hydrogens is 352 g/mol. The fourth-order valence-electron chi connectivity index (χ4n) is 2.31. The van der Waals surface area contributed by atoms with Crippen molar-refractivity contribution < 1.29 is 4.79 Å². The Morgan fingerprint density at radius 2 is 1.96 bits per heavy atom. The minimum absolute atomic E-state index is 0.00211. The molecule has 0 aliphatic rings. The molecule has 3 rings (SSSR count). The number of nitrogens with zero attached hydrogens (tertiary/aromatic N) is 3. The Morgan fingerprint density at radius 1 is 1.15 bits per heavy atom. The number of hydrazone groups is 1. The van der Waals surface area contributed by atoms with E-state index in [0.29, 0.717) is 10.7 Å². The van der Waals surface area contributed by atoms with Crippen LogP contribution in [0.2, 0.25) is 5.02 Å². The smallest absolute Gasteiger partial charge is 0.276 e. The molecule has 0 saturated carbocycles. The molecule has 0 saturated heterocycles. The molecule has 0 radical (unpaired) electrons. The number of aromatic nitrogens is 2. The van der Waals surface area contributed by atoms with E-state index in [1.54, 1.807) is 42.7 Å². The second kappa shape index (κ2) is 8.22. The number of pyridine rings is 2. The number of rotatable bonds is 5. The van der Waals surface area contributed by atoms with E-state index in [-0.39, 0.29) is 12.1 Å². The fourth-order valence-corrected chi connectivity index (χ4v) is 2.51. The van der Waals surface area contributed by atoms with Crippen molar-refractivity contribution in [1.29, 1.82) is 0 Å². The van der Waals surface area contributed by atoms with Crippen molar-refractivity contribution >= 4 is 23.7 Å². The molecule has 0 spiro atoms. The van der Waals surface area contributed by atoms with Crippen molar-refractivity contribution in [3.05, 3.63) is 99.2 Å². The van der Waals surface area contributed by atoms with Crippen LogP contribution in [0.15, 0.2) is 76.9 Å². The first-order chi connectivity index (χ1) is 12.6. The second-order valence-electron chi connectivity index (χ2n) is 5.40. The molecule has 1 amide bonds. The monoisotopic (exact) mass is 366 g/mol. The molecule has 1 aromatic carbocycles. The van der Waals surface area contributed by atoms with Gasteiger partial charge in [0.05, 0.1) is 18.5 Å². The van der Waals surface area contributed by atoms with Crippen LogP contribution in [0.25, 0.3) is 0 Å². The van der Waals surface area contributed by atoms with Gasteiger partial charge in [-0.1, -0.05) is 35.9 Å². The zero-order chi connectivity index (χ0) is 18.4. The highest BCUT2D eigenvalue weighted by Gasteiger charge is 2.12. The first kappa shape index (κ1) is 17.6. The molecule has 0 bridgehead atoms. The number of hydrogen-bond donors (Lipinski definition) is 1. The molecule has 1 N–H and O–H groups in total.